The van der Waals surface area contributed by atoms with Crippen LogP contribution in [0.25, 0.3) is 32.9 Å². The number of methoxy groups -OCH3 is 1. The van der Waals surface area contributed by atoms with E-state index in [9.17, 15) is 4.79 Å². The molecule has 4 rings (SSSR count). The van der Waals surface area contributed by atoms with Crippen molar-refractivity contribution in [1.82, 2.24) is 4.98 Å². The summed E-state index contributed by atoms with van der Waals surface area (Å²) in [7, 11) is 1.40. The third-order valence-corrected chi connectivity index (χ3v) is 5.09. The molecule has 0 amide bonds. The highest BCUT2D eigenvalue weighted by Crippen LogP contribution is 2.33. The average Bonchev–Trinajstić information content (AvgIpc) is 2.67. The molecule has 0 radical (unpaired) electrons. The predicted molar refractivity (Wildman–Crippen MR) is 108 cm³/mol. The van der Waals surface area contributed by atoms with Crippen molar-refractivity contribution in [2.24, 2.45) is 0 Å². The number of ether oxygens (including phenoxy) is 1. The molecule has 0 aliphatic heterocycles. The van der Waals surface area contributed by atoms with Gasteiger partial charge in [-0.15, -0.1) is 0 Å². The van der Waals surface area contributed by atoms with Gasteiger partial charge in [0.25, 0.3) is 0 Å². The maximum Gasteiger partial charge on any atom is 0.338 e. The van der Waals surface area contributed by atoms with Crippen LogP contribution >= 0.6 is 15.9 Å². The van der Waals surface area contributed by atoms with Crippen LogP contribution in [0.5, 0.6) is 0 Å². The minimum Gasteiger partial charge on any atom is -0.465 e. The number of rotatable bonds is 2. The normalized spacial score (nSPS) is 11.0. The molecule has 4 aromatic rings. The van der Waals surface area contributed by atoms with Crippen molar-refractivity contribution in [2.45, 2.75) is 6.92 Å². The van der Waals surface area contributed by atoms with E-state index in [-0.39, 0.29) is 5.97 Å². The van der Waals surface area contributed by atoms with Gasteiger partial charge in [-0.2, -0.15) is 0 Å². The Morgan fingerprint density at radius 3 is 2.50 bits per heavy atom. The molecule has 0 aliphatic carbocycles. The van der Waals surface area contributed by atoms with Crippen molar-refractivity contribution in [3.63, 3.8) is 0 Å². The first kappa shape index (κ1) is 16.7. The van der Waals surface area contributed by atoms with Gasteiger partial charge < -0.3 is 4.74 Å². The van der Waals surface area contributed by atoms with Crippen LogP contribution in [0.15, 0.2) is 65.1 Å². The average molecular weight is 406 g/mol. The smallest absolute Gasteiger partial charge is 0.338 e. The lowest BCUT2D eigenvalue weighted by Crippen LogP contribution is -2.04. The van der Waals surface area contributed by atoms with E-state index in [0.717, 1.165) is 32.0 Å². The number of aromatic nitrogens is 1. The third kappa shape index (κ3) is 2.76. The van der Waals surface area contributed by atoms with Crippen molar-refractivity contribution in [2.75, 3.05) is 7.11 Å². The monoisotopic (exact) mass is 405 g/mol. The van der Waals surface area contributed by atoms with Gasteiger partial charge in [0.2, 0.25) is 0 Å². The Bertz CT molecular complexity index is 1170. The van der Waals surface area contributed by atoms with Gasteiger partial charge in [-0.1, -0.05) is 52.3 Å². The number of benzene rings is 3. The fourth-order valence-electron chi connectivity index (χ4n) is 3.29. The van der Waals surface area contributed by atoms with E-state index in [1.54, 1.807) is 0 Å². The van der Waals surface area contributed by atoms with Crippen LogP contribution < -0.4 is 0 Å². The molecular formula is C22H16BrNO2. The molecule has 0 saturated heterocycles. The molecule has 0 N–H and O–H groups in total. The number of aryl methyl sites for hydroxylation is 1. The topological polar surface area (TPSA) is 39.2 Å². The maximum atomic E-state index is 12.4. The lowest BCUT2D eigenvalue weighted by Gasteiger charge is -2.12. The predicted octanol–water partition coefficient (Wildman–Crippen LogP) is 5.91. The second-order valence-corrected chi connectivity index (χ2v) is 7.10. The second kappa shape index (κ2) is 6.54. The van der Waals surface area contributed by atoms with Crippen LogP contribution in [0.3, 0.4) is 0 Å². The fraction of sp³-hybridized carbons (Fsp3) is 0.0909. The van der Waals surface area contributed by atoms with Gasteiger partial charge in [-0.3, -0.25) is 0 Å². The number of pyridine rings is 1. The van der Waals surface area contributed by atoms with Crippen LogP contribution in [0.1, 0.15) is 15.9 Å². The molecule has 0 spiro atoms. The van der Waals surface area contributed by atoms with Gasteiger partial charge in [0, 0.05) is 15.4 Å². The Balaban J connectivity index is 2.06. The van der Waals surface area contributed by atoms with Crippen LogP contribution in [-0.2, 0) is 4.74 Å². The second-order valence-electron chi connectivity index (χ2n) is 6.18. The number of hydrogen-bond donors (Lipinski definition) is 0. The SMILES string of the molecule is COC(=O)c1cc(-c2ccc(C)c3ccccc23)nc2ccc(Br)cc12. The van der Waals surface area contributed by atoms with Crippen LogP contribution in [0, 0.1) is 6.92 Å². The van der Waals surface area contributed by atoms with Gasteiger partial charge in [0.15, 0.2) is 0 Å². The summed E-state index contributed by atoms with van der Waals surface area (Å²) >= 11 is 3.46. The molecule has 0 atom stereocenters. The first-order valence-corrected chi connectivity index (χ1v) is 9.05. The Hall–Kier alpha value is -2.72. The number of nitrogens with zero attached hydrogens (tertiary/aromatic N) is 1. The molecule has 3 aromatic carbocycles. The molecule has 26 heavy (non-hydrogen) atoms. The highest BCUT2D eigenvalue weighted by Gasteiger charge is 2.16. The van der Waals surface area contributed by atoms with E-state index in [0.29, 0.717) is 5.56 Å². The van der Waals surface area contributed by atoms with Crippen molar-refractivity contribution in [1.29, 1.82) is 0 Å². The van der Waals surface area contributed by atoms with Crippen molar-refractivity contribution >= 4 is 43.6 Å². The van der Waals surface area contributed by atoms with E-state index < -0.39 is 0 Å². The minimum atomic E-state index is -0.367. The van der Waals surface area contributed by atoms with Crippen molar-refractivity contribution in [3.8, 4) is 11.3 Å². The van der Waals surface area contributed by atoms with Crippen molar-refractivity contribution in [3.05, 3.63) is 76.3 Å². The molecule has 3 nitrogen and oxygen atoms in total. The summed E-state index contributed by atoms with van der Waals surface area (Å²) in [5, 5.41) is 3.07. The molecule has 1 heterocycles. The summed E-state index contributed by atoms with van der Waals surface area (Å²) in [5.41, 5.74) is 4.24. The van der Waals surface area contributed by atoms with Crippen LogP contribution in [-0.4, -0.2) is 18.1 Å². The number of carbonyl (C=O) groups excluding carboxylic acids is 1. The lowest BCUT2D eigenvalue weighted by atomic mass is 9.96. The highest BCUT2D eigenvalue weighted by atomic mass is 79.9. The highest BCUT2D eigenvalue weighted by molar-refractivity contribution is 9.10. The zero-order chi connectivity index (χ0) is 18.3. The third-order valence-electron chi connectivity index (χ3n) is 4.59. The largest absolute Gasteiger partial charge is 0.465 e. The fourth-order valence-corrected chi connectivity index (χ4v) is 3.65. The summed E-state index contributed by atoms with van der Waals surface area (Å²) in [6.07, 6.45) is 0. The van der Waals surface area contributed by atoms with Crippen LogP contribution in [0.2, 0.25) is 0 Å². The van der Waals surface area contributed by atoms with E-state index in [1.165, 1.54) is 18.1 Å². The number of halogens is 1. The number of fused-ring (bicyclic) bond motifs is 2. The molecule has 1 aromatic heterocycles. The molecule has 0 aliphatic rings. The van der Waals surface area contributed by atoms with Gasteiger partial charge >= 0.3 is 5.97 Å². The Kier molecular flexibility index (Phi) is 4.21. The molecule has 0 bridgehead atoms. The zero-order valence-corrected chi connectivity index (χ0v) is 16.0. The van der Waals surface area contributed by atoms with Gasteiger partial charge in [0.1, 0.15) is 0 Å². The number of hydrogen-bond acceptors (Lipinski definition) is 3. The first-order chi connectivity index (χ1) is 12.6. The molecule has 4 heteroatoms. The van der Waals surface area contributed by atoms with Gasteiger partial charge in [0.05, 0.1) is 23.9 Å². The number of esters is 1. The van der Waals surface area contributed by atoms with E-state index >= 15 is 0 Å². The van der Waals surface area contributed by atoms with Crippen molar-refractivity contribution < 1.29 is 9.53 Å². The summed E-state index contributed by atoms with van der Waals surface area (Å²) in [6, 6.07) is 19.9. The Morgan fingerprint density at radius 1 is 0.962 bits per heavy atom. The molecule has 0 saturated carbocycles. The van der Waals surface area contributed by atoms with Crippen LogP contribution in [0.4, 0.5) is 0 Å². The molecular weight excluding hydrogens is 390 g/mol. The van der Waals surface area contributed by atoms with Gasteiger partial charge in [-0.05, 0) is 47.5 Å². The minimum absolute atomic E-state index is 0.367. The standard InChI is InChI=1S/C22H16BrNO2/c1-13-7-9-17(16-6-4-3-5-15(13)16)21-12-19(22(25)26-2)18-11-14(23)8-10-20(18)24-21/h3-12H,1-2H3. The van der Waals surface area contributed by atoms with E-state index in [2.05, 4.69) is 47.1 Å². The molecule has 0 fully saturated rings. The van der Waals surface area contributed by atoms with E-state index in [1.807, 2.05) is 36.4 Å². The number of carbonyl (C=O) groups is 1. The summed E-state index contributed by atoms with van der Waals surface area (Å²) in [6.45, 7) is 2.09. The zero-order valence-electron chi connectivity index (χ0n) is 14.4. The van der Waals surface area contributed by atoms with E-state index in [4.69, 9.17) is 9.72 Å². The summed E-state index contributed by atoms with van der Waals surface area (Å²) < 4.78 is 5.89. The first-order valence-electron chi connectivity index (χ1n) is 8.26. The lowest BCUT2D eigenvalue weighted by molar-refractivity contribution is 0.0603. The maximum absolute atomic E-state index is 12.4. The van der Waals surface area contributed by atoms with Gasteiger partial charge in [-0.25, -0.2) is 9.78 Å². The molecule has 128 valence electrons. The molecule has 0 unspecified atom stereocenters. The Labute approximate surface area is 159 Å². The Morgan fingerprint density at radius 2 is 1.73 bits per heavy atom. The summed E-state index contributed by atoms with van der Waals surface area (Å²) in [4.78, 5) is 17.2. The summed E-state index contributed by atoms with van der Waals surface area (Å²) in [5.74, 6) is -0.367. The quantitative estimate of drug-likeness (QED) is 0.389.